The Balaban J connectivity index is 2.23. The summed E-state index contributed by atoms with van der Waals surface area (Å²) in [6.07, 6.45) is 0. The minimum atomic E-state index is -1.94. The molecule has 0 amide bonds. The van der Waals surface area contributed by atoms with E-state index in [-0.39, 0.29) is 16.8 Å². The van der Waals surface area contributed by atoms with Crippen LogP contribution in [0.15, 0.2) is 60.7 Å². The average molecular weight is 283 g/mol. The van der Waals surface area contributed by atoms with Gasteiger partial charge in [-0.1, -0.05) is 47.0 Å². The summed E-state index contributed by atoms with van der Waals surface area (Å²) < 4.78 is 12.5. The summed E-state index contributed by atoms with van der Waals surface area (Å²) in [7, 11) is -1.94. The molecule has 0 saturated heterocycles. The second-order valence-corrected chi connectivity index (χ2v) is 6.03. The van der Waals surface area contributed by atoms with Gasteiger partial charge in [-0.05, 0) is 12.1 Å². The van der Waals surface area contributed by atoms with Gasteiger partial charge in [-0.3, -0.25) is 0 Å². The Kier molecular flexibility index (Phi) is 3.13. The lowest BCUT2D eigenvalue weighted by molar-refractivity contribution is 0.472. The van der Waals surface area contributed by atoms with Crippen molar-refractivity contribution in [3.8, 4) is 11.5 Å². The van der Waals surface area contributed by atoms with Crippen molar-refractivity contribution in [3.05, 3.63) is 60.7 Å². The zero-order valence-electron chi connectivity index (χ0n) is 10.5. The van der Waals surface area contributed by atoms with Crippen molar-refractivity contribution in [3.63, 3.8) is 0 Å². The molecule has 2 N–H and O–H groups in total. The van der Waals surface area contributed by atoms with Crippen molar-refractivity contribution in [2.24, 2.45) is 0 Å². The summed E-state index contributed by atoms with van der Waals surface area (Å²) in [5, 5.41) is 22.3. The Morgan fingerprint density at radius 2 is 1.40 bits per heavy atom. The summed E-state index contributed by atoms with van der Waals surface area (Å²) >= 11 is 0. The molecule has 1 unspecified atom stereocenters. The molecule has 3 nitrogen and oxygen atoms in total. The maximum atomic E-state index is 12.5. The Morgan fingerprint density at radius 3 is 2.10 bits per heavy atom. The predicted molar refractivity (Wildman–Crippen MR) is 80.6 cm³/mol. The molecule has 0 radical (unpaired) electrons. The Morgan fingerprint density at radius 1 is 0.800 bits per heavy atom. The molecule has 0 aliphatic heterocycles. The van der Waals surface area contributed by atoms with Crippen molar-refractivity contribution < 1.29 is 14.8 Å². The van der Waals surface area contributed by atoms with E-state index in [1.54, 1.807) is 48.5 Å². The first kappa shape index (κ1) is 12.6. The standard InChI is InChI=1S/C16H11O3P/c17-14-10-15(20(19)11-6-2-1-3-7-11)16(18)13-9-5-4-8-12(13)14/h1-10H,(H-,17,18,19)/p+1. The highest BCUT2D eigenvalue weighted by Gasteiger charge is 2.29. The highest BCUT2D eigenvalue weighted by Crippen LogP contribution is 2.35. The highest BCUT2D eigenvalue weighted by molar-refractivity contribution is 7.61. The van der Waals surface area contributed by atoms with E-state index in [1.165, 1.54) is 6.07 Å². The smallest absolute Gasteiger partial charge is 0.419 e. The summed E-state index contributed by atoms with van der Waals surface area (Å²) in [6.45, 7) is 0. The van der Waals surface area contributed by atoms with E-state index in [0.717, 1.165) is 0 Å². The van der Waals surface area contributed by atoms with Crippen molar-refractivity contribution in [2.75, 3.05) is 0 Å². The second-order valence-electron chi connectivity index (χ2n) is 4.44. The van der Waals surface area contributed by atoms with Crippen LogP contribution < -0.4 is 10.6 Å². The third kappa shape index (κ3) is 2.02. The number of phenols is 2. The van der Waals surface area contributed by atoms with E-state index in [0.29, 0.717) is 16.1 Å². The van der Waals surface area contributed by atoms with Crippen molar-refractivity contribution in [1.29, 1.82) is 0 Å². The van der Waals surface area contributed by atoms with Gasteiger partial charge in [0.25, 0.3) is 0 Å². The summed E-state index contributed by atoms with van der Waals surface area (Å²) in [5.41, 5.74) is 0. The molecule has 3 rings (SSSR count). The van der Waals surface area contributed by atoms with Crippen molar-refractivity contribution in [1.82, 2.24) is 0 Å². The fourth-order valence-electron chi connectivity index (χ4n) is 2.18. The van der Waals surface area contributed by atoms with E-state index in [4.69, 9.17) is 0 Å². The third-order valence-corrected chi connectivity index (χ3v) is 4.73. The molecule has 0 aliphatic rings. The number of rotatable bonds is 2. The quantitative estimate of drug-likeness (QED) is 0.561. The van der Waals surface area contributed by atoms with E-state index in [9.17, 15) is 14.8 Å². The van der Waals surface area contributed by atoms with E-state index < -0.39 is 7.80 Å². The zero-order chi connectivity index (χ0) is 14.1. The van der Waals surface area contributed by atoms with Gasteiger partial charge in [-0.2, -0.15) is 0 Å². The van der Waals surface area contributed by atoms with Gasteiger partial charge < -0.3 is 10.2 Å². The lowest BCUT2D eigenvalue weighted by Crippen LogP contribution is -2.07. The van der Waals surface area contributed by atoms with E-state index in [1.807, 2.05) is 6.07 Å². The molecular weight excluding hydrogens is 271 g/mol. The number of hydrogen-bond acceptors (Lipinski definition) is 3. The summed E-state index contributed by atoms with van der Waals surface area (Å²) in [6, 6.07) is 17.2. The normalized spacial score (nSPS) is 11.5. The van der Waals surface area contributed by atoms with Crippen LogP contribution in [0.25, 0.3) is 10.8 Å². The molecule has 0 saturated carbocycles. The number of fused-ring (bicyclic) bond motifs is 1. The predicted octanol–water partition coefficient (Wildman–Crippen LogP) is 3.03. The number of hydrogen-bond donors (Lipinski definition) is 2. The molecule has 0 bridgehead atoms. The fourth-order valence-corrected chi connectivity index (χ4v) is 3.46. The molecular formula is C16H12O3P+. The Bertz CT molecular complexity index is 797. The van der Waals surface area contributed by atoms with Crippen LogP contribution in [0.3, 0.4) is 0 Å². The van der Waals surface area contributed by atoms with Gasteiger partial charge in [0.1, 0.15) is 5.75 Å². The first-order valence-electron chi connectivity index (χ1n) is 6.14. The number of aromatic hydroxyl groups is 2. The molecule has 1 atom stereocenters. The van der Waals surface area contributed by atoms with Gasteiger partial charge in [-0.25, -0.2) is 0 Å². The minimum Gasteiger partial charge on any atom is -0.507 e. The summed E-state index contributed by atoms with van der Waals surface area (Å²) in [4.78, 5) is 0. The highest BCUT2D eigenvalue weighted by atomic mass is 31.1. The maximum Gasteiger partial charge on any atom is 0.419 e. The SMILES string of the molecule is O=[P+](c1ccccc1)c1cc(O)c2ccccc2c1O. The van der Waals surface area contributed by atoms with Crippen LogP contribution in [0.1, 0.15) is 0 Å². The second kappa shape index (κ2) is 4.95. The molecule has 0 heterocycles. The van der Waals surface area contributed by atoms with Crippen LogP contribution in [0, 0.1) is 0 Å². The minimum absolute atomic E-state index is 0.0210. The molecule has 98 valence electrons. The Labute approximate surface area is 116 Å². The third-order valence-electron chi connectivity index (χ3n) is 3.18. The fraction of sp³-hybridized carbons (Fsp3) is 0. The van der Waals surface area contributed by atoms with Gasteiger partial charge in [0.2, 0.25) is 5.30 Å². The maximum absolute atomic E-state index is 12.5. The van der Waals surface area contributed by atoms with Crippen molar-refractivity contribution >= 4 is 29.2 Å². The van der Waals surface area contributed by atoms with E-state index >= 15 is 0 Å². The molecule has 0 fully saturated rings. The van der Waals surface area contributed by atoms with Crippen LogP contribution in [0.2, 0.25) is 0 Å². The molecule has 20 heavy (non-hydrogen) atoms. The van der Waals surface area contributed by atoms with Crippen molar-refractivity contribution in [2.45, 2.75) is 0 Å². The van der Waals surface area contributed by atoms with Gasteiger partial charge in [0.15, 0.2) is 11.1 Å². The summed E-state index contributed by atoms with van der Waals surface area (Å²) in [5.74, 6) is -0.0176. The first-order valence-corrected chi connectivity index (χ1v) is 7.40. The first-order chi connectivity index (χ1) is 9.68. The molecule has 0 aliphatic carbocycles. The topological polar surface area (TPSA) is 57.5 Å². The van der Waals surface area contributed by atoms with Gasteiger partial charge in [0, 0.05) is 16.8 Å². The average Bonchev–Trinajstić information content (AvgIpc) is 2.51. The monoisotopic (exact) mass is 283 g/mol. The lowest BCUT2D eigenvalue weighted by Gasteiger charge is -2.03. The largest absolute Gasteiger partial charge is 0.507 e. The number of benzene rings is 3. The number of phenolic OH excluding ortho intramolecular Hbond substituents is 2. The zero-order valence-corrected chi connectivity index (χ0v) is 11.4. The molecule has 4 heteroatoms. The lowest BCUT2D eigenvalue weighted by atomic mass is 10.1. The van der Waals surface area contributed by atoms with Crippen LogP contribution >= 0.6 is 7.80 Å². The van der Waals surface area contributed by atoms with Crippen LogP contribution in [0.4, 0.5) is 0 Å². The van der Waals surface area contributed by atoms with Crippen LogP contribution in [0.5, 0.6) is 11.5 Å². The van der Waals surface area contributed by atoms with Gasteiger partial charge in [0.05, 0.1) is 0 Å². The molecule has 3 aromatic rings. The van der Waals surface area contributed by atoms with Gasteiger partial charge >= 0.3 is 7.80 Å². The van der Waals surface area contributed by atoms with E-state index in [2.05, 4.69) is 0 Å². The molecule has 0 aromatic heterocycles. The van der Waals surface area contributed by atoms with Crippen LogP contribution in [-0.2, 0) is 4.57 Å². The van der Waals surface area contributed by atoms with Gasteiger partial charge in [-0.15, -0.1) is 0 Å². The Hall–Kier alpha value is -2.38. The molecule has 0 spiro atoms. The molecule has 3 aromatic carbocycles. The van der Waals surface area contributed by atoms with Crippen LogP contribution in [-0.4, -0.2) is 10.2 Å².